The molecule has 21 heteroatoms. The van der Waals surface area contributed by atoms with Crippen LogP contribution in [0.2, 0.25) is 0 Å². The number of phenols is 1. The molecule has 0 saturated carbocycles. The molecule has 5 amide bonds. The predicted octanol–water partition coefficient (Wildman–Crippen LogP) is 4.66. The molecule has 350 valence electrons. The average molecular weight is 923 g/mol. The van der Waals surface area contributed by atoms with Crippen molar-refractivity contribution in [3.05, 3.63) is 136 Å². The second-order valence-corrected chi connectivity index (χ2v) is 15.0. The molecule has 0 aliphatic heterocycles. The van der Waals surface area contributed by atoms with Crippen molar-refractivity contribution in [1.29, 1.82) is 0 Å². The highest BCUT2D eigenvalue weighted by atomic mass is 16.8. The highest BCUT2D eigenvalue weighted by Gasteiger charge is 2.36. The van der Waals surface area contributed by atoms with E-state index >= 15 is 0 Å². The van der Waals surface area contributed by atoms with E-state index in [0.717, 1.165) is 7.11 Å². The standard InChI is InChI=1S/C46H46N6O15/c1-23(2)66-35-22-28(45(59)60)12-20-33(35)49-43(57)32-19-21-34(38(37(32)53)67-24(3)4)50-41(55)25-6-15-30(16-7-25)48-44(58)36(39(65-5)46(61)62)51-42(56)26-8-13-29(14-9-26)47-40(54)27-10-17-31(18-11-27)52(63)64/h6-24,36,39,52-53,63H,1-5H3,(H,47,54)(H,48,58)(H,49,57)(H,50,55)(H,51,56)(H,59,60)(H,61,62)/t36-,39+/m0/s1. The number of carboxylic acids is 2. The van der Waals surface area contributed by atoms with Crippen LogP contribution in [0.25, 0.3) is 0 Å². The monoisotopic (exact) mass is 922 g/mol. The van der Waals surface area contributed by atoms with Crippen LogP contribution in [-0.4, -0.2) is 93.5 Å². The molecule has 0 aliphatic carbocycles. The summed E-state index contributed by atoms with van der Waals surface area (Å²) in [6.45, 7) is 6.74. The van der Waals surface area contributed by atoms with E-state index < -0.39 is 70.7 Å². The first-order chi connectivity index (χ1) is 31.8. The van der Waals surface area contributed by atoms with Crippen molar-refractivity contribution < 1.29 is 73.5 Å². The Kier molecular flexibility index (Phi) is 16.3. The van der Waals surface area contributed by atoms with Gasteiger partial charge in [-0.1, -0.05) is 0 Å². The van der Waals surface area contributed by atoms with Crippen molar-refractivity contribution in [1.82, 2.24) is 5.32 Å². The molecule has 5 rings (SSSR count). The lowest BCUT2D eigenvalue weighted by Gasteiger charge is -2.23. The summed E-state index contributed by atoms with van der Waals surface area (Å²) in [5.74, 6) is -7.45. The number of aliphatic carboxylic acids is 1. The van der Waals surface area contributed by atoms with E-state index in [1.54, 1.807) is 27.7 Å². The highest BCUT2D eigenvalue weighted by Crippen LogP contribution is 2.39. The number of anilines is 4. The average Bonchev–Trinajstić information content (AvgIpc) is 3.28. The summed E-state index contributed by atoms with van der Waals surface area (Å²) in [5.41, 5.74) is 0.373. The first-order valence-electron chi connectivity index (χ1n) is 20.2. The lowest BCUT2D eigenvalue weighted by molar-refractivity contribution is -0.991. The number of rotatable bonds is 19. The number of amides is 5. The number of methoxy groups -OCH3 is 1. The zero-order valence-electron chi connectivity index (χ0n) is 36.4. The molecule has 0 bridgehead atoms. The van der Waals surface area contributed by atoms with E-state index in [4.69, 9.17) is 19.4 Å². The Morgan fingerprint density at radius 2 is 1.09 bits per heavy atom. The number of ether oxygens (including phenoxy) is 3. The lowest BCUT2D eigenvalue weighted by Crippen LogP contribution is -2.99. The number of phenolic OH excluding ortho intramolecular Hbond substituents is 1. The van der Waals surface area contributed by atoms with Gasteiger partial charge in [-0.25, -0.2) is 14.8 Å². The summed E-state index contributed by atoms with van der Waals surface area (Å²) in [7, 11) is 1.04. The van der Waals surface area contributed by atoms with Crippen LogP contribution in [0.15, 0.2) is 103 Å². The molecule has 21 nitrogen and oxygen atoms in total. The Balaban J connectivity index is 1.27. The van der Waals surface area contributed by atoms with Crippen LogP contribution in [0, 0.1) is 5.21 Å². The van der Waals surface area contributed by atoms with Gasteiger partial charge in [-0.15, -0.1) is 0 Å². The summed E-state index contributed by atoms with van der Waals surface area (Å²) < 4.78 is 16.6. The van der Waals surface area contributed by atoms with Crippen molar-refractivity contribution in [2.45, 2.75) is 52.0 Å². The minimum atomic E-state index is -1.85. The third-order valence-corrected chi connectivity index (χ3v) is 9.40. The molecule has 0 saturated heterocycles. The maximum Gasteiger partial charge on any atom is 0.335 e. The van der Waals surface area contributed by atoms with E-state index in [-0.39, 0.29) is 73.9 Å². The second kappa shape index (κ2) is 22.0. The SMILES string of the molecule is CO[C@@H](C(=O)O)[C@H](NC(=O)c1ccc(NC(=O)c2ccc([NH+]([O-])O)cc2)cc1)C(=O)Nc1ccc(C(=O)Nc2ccc(C(=O)Nc3ccc(C(=O)O)cc3OC(C)C)c(O)c2OC(C)C)cc1. The Labute approximate surface area is 381 Å². The Morgan fingerprint density at radius 3 is 1.61 bits per heavy atom. The number of carboxylic acid groups (broad SMARTS) is 2. The van der Waals surface area contributed by atoms with Gasteiger partial charge in [-0.2, -0.15) is 5.23 Å². The highest BCUT2D eigenvalue weighted by molar-refractivity contribution is 6.10. The van der Waals surface area contributed by atoms with Crippen LogP contribution < -0.4 is 41.3 Å². The van der Waals surface area contributed by atoms with Crippen LogP contribution in [0.4, 0.5) is 28.4 Å². The van der Waals surface area contributed by atoms with E-state index in [1.165, 1.54) is 103 Å². The maximum absolute atomic E-state index is 13.5. The third-order valence-electron chi connectivity index (χ3n) is 9.40. The van der Waals surface area contributed by atoms with Gasteiger partial charge >= 0.3 is 11.9 Å². The van der Waals surface area contributed by atoms with Gasteiger partial charge in [0, 0.05) is 47.3 Å². The maximum atomic E-state index is 13.5. The van der Waals surface area contributed by atoms with Crippen LogP contribution in [0.5, 0.6) is 17.2 Å². The zero-order chi connectivity index (χ0) is 49.1. The van der Waals surface area contributed by atoms with Crippen molar-refractivity contribution in [3.63, 3.8) is 0 Å². The predicted molar refractivity (Wildman–Crippen MR) is 240 cm³/mol. The van der Waals surface area contributed by atoms with Crippen molar-refractivity contribution >= 4 is 69.9 Å². The Bertz CT molecular complexity index is 2650. The van der Waals surface area contributed by atoms with Crippen molar-refractivity contribution in [2.24, 2.45) is 0 Å². The Morgan fingerprint density at radius 1 is 0.597 bits per heavy atom. The smallest absolute Gasteiger partial charge is 0.335 e. The first-order valence-corrected chi connectivity index (χ1v) is 20.2. The summed E-state index contributed by atoms with van der Waals surface area (Å²) in [5, 5.41) is 62.2. The molecule has 1 unspecified atom stereocenters. The molecule has 0 heterocycles. The number of aromatic hydroxyl groups is 1. The number of nitrogens with one attached hydrogen (secondary N) is 6. The number of aromatic carboxylic acids is 1. The van der Waals surface area contributed by atoms with Gasteiger partial charge in [0.25, 0.3) is 23.6 Å². The molecule has 0 radical (unpaired) electrons. The van der Waals surface area contributed by atoms with Crippen LogP contribution >= 0.6 is 0 Å². The number of hydrogen-bond acceptors (Lipinski definition) is 13. The van der Waals surface area contributed by atoms with Gasteiger partial charge in [0.05, 0.1) is 34.7 Å². The van der Waals surface area contributed by atoms with Gasteiger partial charge in [-0.3, -0.25) is 24.0 Å². The molecule has 0 aliphatic rings. The van der Waals surface area contributed by atoms with E-state index in [1.807, 2.05) is 0 Å². The molecular formula is C46H46N6O15. The largest absolute Gasteiger partial charge is 0.595 e. The molecule has 5 aromatic rings. The lowest BCUT2D eigenvalue weighted by atomic mass is 10.1. The third kappa shape index (κ3) is 12.9. The number of carbonyl (C=O) groups is 7. The molecule has 10 N–H and O–H groups in total. The minimum absolute atomic E-state index is 0.00280. The van der Waals surface area contributed by atoms with Crippen molar-refractivity contribution in [3.8, 4) is 17.2 Å². The molecule has 67 heavy (non-hydrogen) atoms. The van der Waals surface area contributed by atoms with E-state index in [0.29, 0.717) is 0 Å². The fraction of sp³-hybridized carbons (Fsp3) is 0.196. The number of quaternary nitrogens is 1. The zero-order valence-corrected chi connectivity index (χ0v) is 36.4. The van der Waals surface area contributed by atoms with Gasteiger partial charge in [0.1, 0.15) is 11.8 Å². The topological polar surface area (TPSA) is 316 Å². The number of carbonyl (C=O) groups excluding carboxylic acids is 5. The number of hydrogen-bond donors (Lipinski definition) is 10. The van der Waals surface area contributed by atoms with Crippen LogP contribution in [0.1, 0.15) is 79.5 Å². The molecule has 0 aromatic heterocycles. The van der Waals surface area contributed by atoms with E-state index in [9.17, 15) is 54.1 Å². The summed E-state index contributed by atoms with van der Waals surface area (Å²) >= 11 is 0. The second-order valence-electron chi connectivity index (χ2n) is 15.0. The first kappa shape index (κ1) is 49.6. The molecule has 3 atom stereocenters. The molecular weight excluding hydrogens is 877 g/mol. The molecule has 0 fully saturated rings. The Hall–Kier alpha value is -8.37. The summed E-state index contributed by atoms with van der Waals surface area (Å²) in [4.78, 5) is 90.0. The van der Waals surface area contributed by atoms with Gasteiger partial charge in [0.2, 0.25) is 5.91 Å². The summed E-state index contributed by atoms with van der Waals surface area (Å²) in [6, 6.07) is 20.6. The molecule has 0 spiro atoms. The van der Waals surface area contributed by atoms with Gasteiger partial charge < -0.3 is 61.3 Å². The fourth-order valence-electron chi connectivity index (χ4n) is 6.18. The molecule has 5 aromatic carbocycles. The van der Waals surface area contributed by atoms with Crippen LogP contribution in [-0.2, 0) is 14.3 Å². The van der Waals surface area contributed by atoms with Gasteiger partial charge in [-0.05, 0) is 119 Å². The normalized spacial score (nSPS) is 12.3. The fourth-order valence-corrected chi connectivity index (χ4v) is 6.18. The van der Waals surface area contributed by atoms with Crippen LogP contribution in [0.3, 0.4) is 0 Å². The van der Waals surface area contributed by atoms with E-state index in [2.05, 4.69) is 26.6 Å². The number of benzene rings is 5. The van der Waals surface area contributed by atoms with Crippen molar-refractivity contribution in [2.75, 3.05) is 28.4 Å². The van der Waals surface area contributed by atoms with Gasteiger partial charge in [0.15, 0.2) is 23.3 Å². The quantitative estimate of drug-likeness (QED) is 0.0504. The summed E-state index contributed by atoms with van der Waals surface area (Å²) in [6.07, 6.45) is -2.76. The minimum Gasteiger partial charge on any atom is -0.595 e.